The number of rotatable bonds is 4. The molecule has 7 nitrogen and oxygen atoms in total. The van der Waals surface area contributed by atoms with E-state index in [9.17, 15) is 19.1 Å². The third-order valence-electron chi connectivity index (χ3n) is 6.63. The lowest BCUT2D eigenvalue weighted by Gasteiger charge is -2.39. The molecule has 1 unspecified atom stereocenters. The third kappa shape index (κ3) is 3.68. The van der Waals surface area contributed by atoms with Crippen LogP contribution in [0.5, 0.6) is 5.75 Å². The number of thiazole rings is 1. The van der Waals surface area contributed by atoms with Crippen molar-refractivity contribution >= 4 is 22.4 Å². The van der Waals surface area contributed by atoms with Crippen molar-refractivity contribution in [1.29, 1.82) is 0 Å². The molecule has 0 spiro atoms. The minimum Gasteiger partial charge on any atom is -0.496 e. The number of aromatic nitrogens is 2. The maximum atomic E-state index is 13.3. The average molecular weight is 484 g/mol. The molecule has 0 bridgehead atoms. The van der Waals surface area contributed by atoms with E-state index in [0.29, 0.717) is 31.0 Å². The van der Waals surface area contributed by atoms with E-state index in [0.717, 1.165) is 26.7 Å². The Morgan fingerprint density at radius 1 is 1.24 bits per heavy atom. The number of carboxylic acid groups (broad SMARTS) is 1. The second kappa shape index (κ2) is 7.94. The van der Waals surface area contributed by atoms with Crippen LogP contribution in [0.4, 0.5) is 9.52 Å². The van der Waals surface area contributed by atoms with Crippen LogP contribution in [-0.2, 0) is 6.42 Å². The molecule has 2 aliphatic rings. The molecule has 0 saturated carbocycles. The lowest BCUT2D eigenvalue weighted by molar-refractivity contribution is 0.0693. The predicted octanol–water partition coefficient (Wildman–Crippen LogP) is 4.65. The van der Waals surface area contributed by atoms with Crippen molar-refractivity contribution in [2.45, 2.75) is 39.4 Å². The van der Waals surface area contributed by atoms with Crippen molar-refractivity contribution in [1.82, 2.24) is 9.55 Å². The molecule has 0 amide bonds. The number of hydrogen-bond acceptors (Lipinski definition) is 6. The minimum atomic E-state index is -1.23. The van der Waals surface area contributed by atoms with E-state index in [1.54, 1.807) is 13.3 Å². The first-order chi connectivity index (χ1) is 16.1. The number of nitrogens with zero attached hydrogens (tertiary/aromatic N) is 3. The quantitative estimate of drug-likeness (QED) is 0.582. The molecule has 1 fully saturated rings. The van der Waals surface area contributed by atoms with Gasteiger partial charge >= 0.3 is 5.97 Å². The zero-order valence-electron chi connectivity index (χ0n) is 19.5. The minimum absolute atomic E-state index is 0.0467. The molecule has 1 saturated heterocycles. The number of carbonyl (C=O) groups is 1. The van der Waals surface area contributed by atoms with Crippen LogP contribution in [0.3, 0.4) is 0 Å². The van der Waals surface area contributed by atoms with Gasteiger partial charge in [0.25, 0.3) is 0 Å². The third-order valence-corrected chi connectivity index (χ3v) is 7.72. The van der Waals surface area contributed by atoms with Crippen LogP contribution in [0, 0.1) is 5.41 Å². The van der Waals surface area contributed by atoms with Gasteiger partial charge in [0.1, 0.15) is 17.5 Å². The summed E-state index contributed by atoms with van der Waals surface area (Å²) in [6.07, 6.45) is 3.13. The van der Waals surface area contributed by atoms with Gasteiger partial charge in [-0.15, -0.1) is 0 Å². The number of methoxy groups -OCH3 is 1. The van der Waals surface area contributed by atoms with Crippen LogP contribution in [-0.4, -0.2) is 47.0 Å². The number of carboxylic acids is 1. The number of hydrogen-bond donors (Lipinski definition) is 1. The molecule has 5 rings (SSSR count). The summed E-state index contributed by atoms with van der Waals surface area (Å²) in [4.78, 5) is 31.6. The lowest BCUT2D eigenvalue weighted by atomic mass is 9.78. The second-order valence-electron chi connectivity index (χ2n) is 9.95. The average Bonchev–Trinajstić information content (AvgIpc) is 3.23. The first kappa shape index (κ1) is 22.6. The largest absolute Gasteiger partial charge is 0.496 e. The number of aromatic carboxylic acids is 1. The number of ether oxygens (including phenoxy) is 1. The molecule has 1 aromatic carbocycles. The Balaban J connectivity index is 1.65. The molecule has 0 aliphatic carbocycles. The summed E-state index contributed by atoms with van der Waals surface area (Å²) in [5.41, 5.74) is 2.55. The van der Waals surface area contributed by atoms with Crippen molar-refractivity contribution in [2.24, 2.45) is 5.41 Å². The molecule has 3 aromatic rings. The number of halogens is 1. The van der Waals surface area contributed by atoms with Gasteiger partial charge in [-0.05, 0) is 29.5 Å². The number of anilines is 1. The summed E-state index contributed by atoms with van der Waals surface area (Å²) in [6, 6.07) is 5.36. The van der Waals surface area contributed by atoms with Crippen LogP contribution in [0.1, 0.15) is 42.7 Å². The summed E-state index contributed by atoms with van der Waals surface area (Å²) in [7, 11) is 1.59. The van der Waals surface area contributed by atoms with E-state index >= 15 is 0 Å². The number of benzene rings is 1. The van der Waals surface area contributed by atoms with Gasteiger partial charge in [0.2, 0.25) is 0 Å². The topological polar surface area (TPSA) is 84.7 Å². The molecular weight excluding hydrogens is 457 g/mol. The van der Waals surface area contributed by atoms with Crippen LogP contribution >= 0.6 is 11.3 Å². The Bertz CT molecular complexity index is 1350. The van der Waals surface area contributed by atoms with Gasteiger partial charge in [0.05, 0.1) is 30.8 Å². The van der Waals surface area contributed by atoms with Gasteiger partial charge in [0.15, 0.2) is 10.6 Å². The Morgan fingerprint density at radius 2 is 1.97 bits per heavy atom. The molecule has 1 N–H and O–H groups in total. The van der Waals surface area contributed by atoms with Gasteiger partial charge in [-0.1, -0.05) is 32.1 Å². The van der Waals surface area contributed by atoms with Gasteiger partial charge in [-0.3, -0.25) is 4.79 Å². The highest BCUT2D eigenvalue weighted by molar-refractivity contribution is 7.19. The maximum absolute atomic E-state index is 13.3. The zero-order valence-corrected chi connectivity index (χ0v) is 20.3. The summed E-state index contributed by atoms with van der Waals surface area (Å²) >= 11 is 1.50. The fourth-order valence-corrected chi connectivity index (χ4v) is 5.68. The van der Waals surface area contributed by atoms with Crippen molar-refractivity contribution < 1.29 is 19.0 Å². The molecule has 1 atom stereocenters. The van der Waals surface area contributed by atoms with E-state index in [2.05, 4.69) is 31.8 Å². The molecule has 4 heterocycles. The molecule has 178 valence electrons. The number of fused-ring (bicyclic) bond motifs is 3. The van der Waals surface area contributed by atoms with Gasteiger partial charge in [0, 0.05) is 35.6 Å². The second-order valence-corrected chi connectivity index (χ2v) is 11.0. The van der Waals surface area contributed by atoms with Crippen molar-refractivity contribution in [3.05, 3.63) is 51.9 Å². The fourth-order valence-electron chi connectivity index (χ4n) is 4.72. The molecule has 2 aliphatic heterocycles. The molecular formula is C25H26FN3O4S. The standard InChI is InChI=1S/C25H26FN3O4S/c1-25(2,3)22-6-13-5-16(21-9-27-24(34-21)28-10-14(26)11-28)20(33-4)7-15(13)18-8-19(30)17(23(31)32)12-29(18)22/h5,7-9,12,14,22H,6,10-11H2,1-4H3,(H,31,32). The van der Waals surface area contributed by atoms with Gasteiger partial charge < -0.3 is 19.3 Å². The summed E-state index contributed by atoms with van der Waals surface area (Å²) in [5, 5.41) is 10.3. The summed E-state index contributed by atoms with van der Waals surface area (Å²) in [5.74, 6) is -0.592. The van der Waals surface area contributed by atoms with E-state index in [1.807, 2.05) is 15.5 Å². The number of alkyl halides is 1. The Labute approximate surface area is 200 Å². The van der Waals surface area contributed by atoms with Crippen molar-refractivity contribution in [2.75, 3.05) is 25.1 Å². The van der Waals surface area contributed by atoms with E-state index < -0.39 is 17.6 Å². The first-order valence-electron chi connectivity index (χ1n) is 11.1. The van der Waals surface area contributed by atoms with Crippen molar-refractivity contribution in [3.8, 4) is 27.4 Å². The highest BCUT2D eigenvalue weighted by Gasteiger charge is 2.34. The maximum Gasteiger partial charge on any atom is 0.341 e. The fraction of sp³-hybridized carbons (Fsp3) is 0.400. The molecule has 9 heteroatoms. The zero-order chi connectivity index (χ0) is 24.4. The predicted molar refractivity (Wildman–Crippen MR) is 130 cm³/mol. The highest BCUT2D eigenvalue weighted by atomic mass is 32.1. The van der Waals surface area contributed by atoms with Crippen LogP contribution in [0.25, 0.3) is 21.7 Å². The number of pyridine rings is 1. The SMILES string of the molecule is COc1cc2c(cc1-c1cnc(N3CC(F)C3)s1)CC(C(C)(C)C)n1cc(C(=O)O)c(=O)cc1-2. The van der Waals surface area contributed by atoms with Crippen molar-refractivity contribution in [3.63, 3.8) is 0 Å². The normalized spacial score (nSPS) is 17.7. The van der Waals surface area contributed by atoms with Crippen LogP contribution < -0.4 is 15.1 Å². The summed E-state index contributed by atoms with van der Waals surface area (Å²) < 4.78 is 20.9. The van der Waals surface area contributed by atoms with E-state index in [-0.39, 0.29) is 17.0 Å². The van der Waals surface area contributed by atoms with Crippen LogP contribution in [0.2, 0.25) is 0 Å². The van der Waals surface area contributed by atoms with E-state index in [1.165, 1.54) is 23.6 Å². The molecule has 34 heavy (non-hydrogen) atoms. The van der Waals surface area contributed by atoms with E-state index in [4.69, 9.17) is 4.74 Å². The molecule has 2 aromatic heterocycles. The summed E-state index contributed by atoms with van der Waals surface area (Å²) in [6.45, 7) is 7.05. The van der Waals surface area contributed by atoms with Gasteiger partial charge in [-0.25, -0.2) is 14.2 Å². The monoisotopic (exact) mass is 483 g/mol. The Kier molecular flexibility index (Phi) is 5.27. The van der Waals surface area contributed by atoms with Gasteiger partial charge in [-0.2, -0.15) is 0 Å². The molecule has 0 radical (unpaired) electrons. The first-order valence-corrected chi connectivity index (χ1v) is 11.9. The Hall–Kier alpha value is -3.20. The smallest absolute Gasteiger partial charge is 0.341 e. The lowest BCUT2D eigenvalue weighted by Crippen LogP contribution is -2.48. The highest BCUT2D eigenvalue weighted by Crippen LogP contribution is 2.47. The van der Waals surface area contributed by atoms with Crippen LogP contribution in [0.15, 0.2) is 35.4 Å². The Morgan fingerprint density at radius 3 is 2.59 bits per heavy atom.